The summed E-state index contributed by atoms with van der Waals surface area (Å²) in [6.45, 7) is -0.228. The molecule has 7 heteroatoms. The maximum Gasteiger partial charge on any atom is 0.279 e. The second-order valence-electron chi connectivity index (χ2n) is 3.75. The maximum atomic E-state index is 13.4. The van der Waals surface area contributed by atoms with Crippen LogP contribution in [0.25, 0.3) is 0 Å². The number of anilines is 1. The highest BCUT2D eigenvalue weighted by Gasteiger charge is 2.17. The van der Waals surface area contributed by atoms with Crippen LogP contribution in [-0.4, -0.2) is 18.5 Å². The van der Waals surface area contributed by atoms with Crippen molar-refractivity contribution in [2.75, 3.05) is 4.72 Å². The van der Waals surface area contributed by atoms with E-state index in [1.807, 2.05) is 0 Å². The zero-order valence-electron chi connectivity index (χ0n) is 9.75. The van der Waals surface area contributed by atoms with Gasteiger partial charge in [0.1, 0.15) is 5.82 Å². The lowest BCUT2D eigenvalue weighted by Crippen LogP contribution is -2.15. The molecule has 0 bridgehead atoms. The van der Waals surface area contributed by atoms with E-state index in [2.05, 4.69) is 9.71 Å². The number of rotatable bonds is 4. The van der Waals surface area contributed by atoms with Gasteiger partial charge in [0.25, 0.3) is 10.0 Å². The Balaban J connectivity index is 2.30. The largest absolute Gasteiger partial charge is 0.392 e. The molecule has 1 heterocycles. The number of aliphatic hydroxyl groups is 1. The summed E-state index contributed by atoms with van der Waals surface area (Å²) < 4.78 is 39.4. The molecule has 0 fully saturated rings. The smallest absolute Gasteiger partial charge is 0.279 e. The molecule has 0 saturated carbocycles. The first-order chi connectivity index (χ1) is 9.03. The van der Waals surface area contributed by atoms with Crippen molar-refractivity contribution < 1.29 is 17.9 Å². The third-order valence-corrected chi connectivity index (χ3v) is 3.65. The molecule has 0 aliphatic heterocycles. The van der Waals surface area contributed by atoms with E-state index < -0.39 is 15.8 Å². The SMILES string of the molecule is O=S(=O)(Nc1ccccc1F)c1ccc(CO)cn1. The van der Waals surface area contributed by atoms with Gasteiger partial charge in [-0.15, -0.1) is 0 Å². The highest BCUT2D eigenvalue weighted by atomic mass is 32.2. The summed E-state index contributed by atoms with van der Waals surface area (Å²) in [4.78, 5) is 3.71. The Labute approximate surface area is 109 Å². The molecule has 0 aliphatic carbocycles. The summed E-state index contributed by atoms with van der Waals surface area (Å²) in [6.07, 6.45) is 1.25. The minimum atomic E-state index is -3.94. The number of halogens is 1. The van der Waals surface area contributed by atoms with Gasteiger partial charge in [0, 0.05) is 6.20 Å². The topological polar surface area (TPSA) is 79.3 Å². The average molecular weight is 282 g/mol. The summed E-state index contributed by atoms with van der Waals surface area (Å²) in [7, 11) is -3.94. The molecule has 0 amide bonds. The van der Waals surface area contributed by atoms with Gasteiger partial charge in [0.15, 0.2) is 5.03 Å². The first-order valence-corrected chi connectivity index (χ1v) is 6.84. The molecule has 100 valence electrons. The molecule has 5 nitrogen and oxygen atoms in total. The fourth-order valence-electron chi connectivity index (χ4n) is 1.40. The normalized spacial score (nSPS) is 11.3. The quantitative estimate of drug-likeness (QED) is 0.891. The van der Waals surface area contributed by atoms with Gasteiger partial charge >= 0.3 is 0 Å². The molecule has 0 atom stereocenters. The predicted molar refractivity (Wildman–Crippen MR) is 67.4 cm³/mol. The zero-order chi connectivity index (χ0) is 13.9. The number of hydrogen-bond donors (Lipinski definition) is 2. The first-order valence-electron chi connectivity index (χ1n) is 5.36. The van der Waals surface area contributed by atoms with E-state index in [0.29, 0.717) is 5.56 Å². The summed E-state index contributed by atoms with van der Waals surface area (Å²) in [6, 6.07) is 8.12. The number of sulfonamides is 1. The molecule has 19 heavy (non-hydrogen) atoms. The van der Waals surface area contributed by atoms with Crippen molar-refractivity contribution >= 4 is 15.7 Å². The lowest BCUT2D eigenvalue weighted by molar-refractivity contribution is 0.281. The van der Waals surface area contributed by atoms with Crippen LogP contribution in [0.5, 0.6) is 0 Å². The summed E-state index contributed by atoms with van der Waals surface area (Å²) in [5.74, 6) is -0.668. The molecular formula is C12H11FN2O3S. The number of pyridine rings is 1. The number of nitrogens with zero attached hydrogens (tertiary/aromatic N) is 1. The standard InChI is InChI=1S/C12H11FN2O3S/c13-10-3-1-2-4-11(10)15-19(17,18)12-6-5-9(8-16)7-14-12/h1-7,15-16H,8H2. The van der Waals surface area contributed by atoms with E-state index in [-0.39, 0.29) is 17.3 Å². The fraction of sp³-hybridized carbons (Fsp3) is 0.0833. The maximum absolute atomic E-state index is 13.4. The van der Waals surface area contributed by atoms with Gasteiger partial charge in [-0.1, -0.05) is 18.2 Å². The first kappa shape index (κ1) is 13.4. The van der Waals surface area contributed by atoms with Crippen LogP contribution in [0.1, 0.15) is 5.56 Å². The minimum Gasteiger partial charge on any atom is -0.392 e. The molecule has 2 aromatic rings. The molecule has 0 aliphatic rings. The average Bonchev–Trinajstić information content (AvgIpc) is 2.41. The van der Waals surface area contributed by atoms with Crippen LogP contribution >= 0.6 is 0 Å². The zero-order valence-corrected chi connectivity index (χ0v) is 10.6. The molecule has 1 aromatic heterocycles. The van der Waals surface area contributed by atoms with Gasteiger partial charge in [-0.05, 0) is 23.8 Å². The molecule has 2 N–H and O–H groups in total. The van der Waals surface area contributed by atoms with E-state index >= 15 is 0 Å². The predicted octanol–water partition coefficient (Wildman–Crippen LogP) is 1.51. The summed E-state index contributed by atoms with van der Waals surface area (Å²) in [5, 5.41) is 8.61. The number of benzene rings is 1. The van der Waals surface area contributed by atoms with E-state index in [4.69, 9.17) is 5.11 Å². The molecule has 0 saturated heterocycles. The van der Waals surface area contributed by atoms with Gasteiger partial charge in [-0.2, -0.15) is 8.42 Å². The van der Waals surface area contributed by atoms with Crippen molar-refractivity contribution in [3.05, 3.63) is 54.0 Å². The van der Waals surface area contributed by atoms with Crippen molar-refractivity contribution in [3.8, 4) is 0 Å². The van der Waals surface area contributed by atoms with Gasteiger partial charge in [-0.3, -0.25) is 4.72 Å². The lowest BCUT2D eigenvalue weighted by atomic mass is 10.3. The van der Waals surface area contributed by atoms with Crippen LogP contribution < -0.4 is 4.72 Å². The van der Waals surface area contributed by atoms with Gasteiger partial charge in [0.05, 0.1) is 12.3 Å². The van der Waals surface area contributed by atoms with Crippen molar-refractivity contribution in [1.29, 1.82) is 0 Å². The lowest BCUT2D eigenvalue weighted by Gasteiger charge is -2.08. The Bertz CT molecular complexity index is 672. The third kappa shape index (κ3) is 3.07. The van der Waals surface area contributed by atoms with Crippen molar-refractivity contribution in [2.45, 2.75) is 11.6 Å². The van der Waals surface area contributed by atoms with E-state index in [0.717, 1.165) is 6.07 Å². The van der Waals surface area contributed by atoms with Crippen LogP contribution in [0.2, 0.25) is 0 Å². The Morgan fingerprint density at radius 1 is 1.21 bits per heavy atom. The summed E-state index contributed by atoms with van der Waals surface area (Å²) >= 11 is 0. The Kier molecular flexibility index (Phi) is 3.77. The highest BCUT2D eigenvalue weighted by Crippen LogP contribution is 2.17. The van der Waals surface area contributed by atoms with Crippen LogP contribution in [0.15, 0.2) is 47.6 Å². The number of para-hydroxylation sites is 1. The molecule has 0 radical (unpaired) electrons. The highest BCUT2D eigenvalue weighted by molar-refractivity contribution is 7.92. The van der Waals surface area contributed by atoms with Gasteiger partial charge < -0.3 is 5.11 Å². The Morgan fingerprint density at radius 3 is 2.53 bits per heavy atom. The van der Waals surface area contributed by atoms with Crippen LogP contribution in [0, 0.1) is 5.82 Å². The molecule has 0 spiro atoms. The van der Waals surface area contributed by atoms with Crippen molar-refractivity contribution in [3.63, 3.8) is 0 Å². The monoisotopic (exact) mass is 282 g/mol. The molecular weight excluding hydrogens is 271 g/mol. The van der Waals surface area contributed by atoms with Gasteiger partial charge in [-0.25, -0.2) is 9.37 Å². The fourth-order valence-corrected chi connectivity index (χ4v) is 2.40. The van der Waals surface area contributed by atoms with E-state index in [9.17, 15) is 12.8 Å². The molecule has 1 aromatic carbocycles. The second-order valence-corrected chi connectivity index (χ2v) is 5.38. The number of nitrogens with one attached hydrogen (secondary N) is 1. The number of aromatic nitrogens is 1. The van der Waals surface area contributed by atoms with Crippen LogP contribution in [0.4, 0.5) is 10.1 Å². The molecule has 2 rings (SSSR count). The molecule has 0 unspecified atom stereocenters. The number of aliphatic hydroxyl groups excluding tert-OH is 1. The Morgan fingerprint density at radius 2 is 1.95 bits per heavy atom. The van der Waals surface area contributed by atoms with Gasteiger partial charge in [0.2, 0.25) is 0 Å². The van der Waals surface area contributed by atoms with Crippen LogP contribution in [0.3, 0.4) is 0 Å². The third-order valence-electron chi connectivity index (χ3n) is 2.37. The second kappa shape index (κ2) is 5.33. The number of hydrogen-bond acceptors (Lipinski definition) is 4. The van der Waals surface area contributed by atoms with E-state index in [1.165, 1.54) is 36.5 Å². The summed E-state index contributed by atoms with van der Waals surface area (Å²) in [5.41, 5.74) is 0.348. The minimum absolute atomic E-state index is 0.143. The Hall–Kier alpha value is -1.99. The van der Waals surface area contributed by atoms with Crippen molar-refractivity contribution in [1.82, 2.24) is 4.98 Å². The van der Waals surface area contributed by atoms with Crippen LogP contribution in [-0.2, 0) is 16.6 Å². The van der Waals surface area contributed by atoms with Crippen molar-refractivity contribution in [2.24, 2.45) is 0 Å². The van der Waals surface area contributed by atoms with E-state index in [1.54, 1.807) is 0 Å².